The van der Waals surface area contributed by atoms with E-state index in [9.17, 15) is 4.39 Å². The minimum Gasteiger partial charge on any atom is -0.497 e. The summed E-state index contributed by atoms with van der Waals surface area (Å²) in [5.74, 6) is 0.675. The topological polar surface area (TPSA) is 21.3 Å². The summed E-state index contributed by atoms with van der Waals surface area (Å²) in [4.78, 5) is 0. The molecule has 3 heteroatoms. The summed E-state index contributed by atoms with van der Waals surface area (Å²) in [7, 11) is 1.66. The van der Waals surface area contributed by atoms with Crippen molar-refractivity contribution in [2.75, 3.05) is 7.11 Å². The smallest absolute Gasteiger partial charge is 0.123 e. The zero-order valence-electron chi connectivity index (χ0n) is 11.2. The van der Waals surface area contributed by atoms with Gasteiger partial charge in [-0.2, -0.15) is 0 Å². The van der Waals surface area contributed by atoms with E-state index in [1.54, 1.807) is 13.2 Å². The van der Waals surface area contributed by atoms with Gasteiger partial charge in [0.05, 0.1) is 7.11 Å². The fourth-order valence-electron chi connectivity index (χ4n) is 1.94. The predicted molar refractivity (Wildman–Crippen MR) is 74.7 cm³/mol. The Bertz CT molecular complexity index is 537. The Labute approximate surface area is 113 Å². The van der Waals surface area contributed by atoms with E-state index in [-0.39, 0.29) is 5.82 Å². The van der Waals surface area contributed by atoms with Crippen molar-refractivity contribution in [3.05, 3.63) is 65.0 Å². The van der Waals surface area contributed by atoms with E-state index in [4.69, 9.17) is 4.74 Å². The number of hydrogen-bond donors (Lipinski definition) is 1. The van der Waals surface area contributed by atoms with Crippen LogP contribution in [0.3, 0.4) is 0 Å². The molecule has 0 bridgehead atoms. The maximum Gasteiger partial charge on any atom is 0.123 e. The summed E-state index contributed by atoms with van der Waals surface area (Å²) in [6.45, 7) is 3.44. The molecule has 2 aromatic carbocycles. The zero-order chi connectivity index (χ0) is 13.7. The van der Waals surface area contributed by atoms with E-state index >= 15 is 0 Å². The number of halogens is 1. The Kier molecular flexibility index (Phi) is 4.53. The minimum atomic E-state index is -0.184. The van der Waals surface area contributed by atoms with Crippen molar-refractivity contribution in [3.63, 3.8) is 0 Å². The third-order valence-electron chi connectivity index (χ3n) is 3.11. The number of ether oxygens (including phenoxy) is 1. The Morgan fingerprint density at radius 3 is 2.42 bits per heavy atom. The van der Waals surface area contributed by atoms with E-state index in [1.165, 1.54) is 11.6 Å². The first-order chi connectivity index (χ1) is 9.19. The molecular weight excluding hydrogens is 241 g/mol. The molecule has 0 radical (unpaired) electrons. The highest BCUT2D eigenvalue weighted by Crippen LogP contribution is 2.12. The lowest BCUT2D eigenvalue weighted by atomic mass is 10.1. The van der Waals surface area contributed by atoms with Crippen LogP contribution in [0.2, 0.25) is 0 Å². The first kappa shape index (κ1) is 13.6. The Morgan fingerprint density at radius 1 is 1.05 bits per heavy atom. The fourth-order valence-corrected chi connectivity index (χ4v) is 1.94. The van der Waals surface area contributed by atoms with Crippen molar-refractivity contribution >= 4 is 0 Å². The largest absolute Gasteiger partial charge is 0.497 e. The molecule has 2 nitrogen and oxygen atoms in total. The minimum absolute atomic E-state index is 0.184. The molecule has 0 heterocycles. The lowest BCUT2D eigenvalue weighted by molar-refractivity contribution is 0.414. The number of hydrogen-bond acceptors (Lipinski definition) is 2. The van der Waals surface area contributed by atoms with Crippen LogP contribution in [0.4, 0.5) is 4.39 Å². The molecule has 0 amide bonds. The predicted octanol–water partition coefficient (Wildman–Crippen LogP) is 3.43. The van der Waals surface area contributed by atoms with Gasteiger partial charge in [0.15, 0.2) is 0 Å². The highest BCUT2D eigenvalue weighted by Gasteiger charge is 2.00. The lowest BCUT2D eigenvalue weighted by Crippen LogP contribution is -2.13. The fraction of sp³-hybridized carbons (Fsp3) is 0.250. The number of methoxy groups -OCH3 is 1. The molecule has 0 atom stereocenters. The van der Waals surface area contributed by atoms with Crippen molar-refractivity contribution in [1.82, 2.24) is 5.32 Å². The summed E-state index contributed by atoms with van der Waals surface area (Å²) in [5, 5.41) is 3.35. The number of benzene rings is 2. The van der Waals surface area contributed by atoms with Crippen molar-refractivity contribution < 1.29 is 9.13 Å². The van der Waals surface area contributed by atoms with E-state index in [0.29, 0.717) is 0 Å². The van der Waals surface area contributed by atoms with Crippen LogP contribution in [-0.2, 0) is 13.1 Å². The third-order valence-corrected chi connectivity index (χ3v) is 3.11. The van der Waals surface area contributed by atoms with Gasteiger partial charge < -0.3 is 10.1 Å². The summed E-state index contributed by atoms with van der Waals surface area (Å²) in [5.41, 5.74) is 3.29. The molecule has 0 spiro atoms. The average Bonchev–Trinajstić information content (AvgIpc) is 2.42. The second kappa shape index (κ2) is 6.34. The van der Waals surface area contributed by atoms with Crippen molar-refractivity contribution in [2.24, 2.45) is 0 Å². The monoisotopic (exact) mass is 259 g/mol. The van der Waals surface area contributed by atoms with Crippen LogP contribution in [0.5, 0.6) is 5.75 Å². The standard InChI is InChI=1S/C16H18FNO/c1-12-9-15(17)6-5-14(12)11-18-10-13-3-7-16(19-2)8-4-13/h3-9,18H,10-11H2,1-2H3. The van der Waals surface area contributed by atoms with Crippen LogP contribution in [0.25, 0.3) is 0 Å². The summed E-state index contributed by atoms with van der Waals surface area (Å²) in [6, 6.07) is 12.8. The van der Waals surface area contributed by atoms with Gasteiger partial charge in [-0.25, -0.2) is 4.39 Å². The van der Waals surface area contributed by atoms with E-state index < -0.39 is 0 Å². The van der Waals surface area contributed by atoms with Crippen LogP contribution >= 0.6 is 0 Å². The molecule has 100 valence electrons. The molecule has 0 aliphatic carbocycles. The molecule has 0 aliphatic heterocycles. The highest BCUT2D eigenvalue weighted by atomic mass is 19.1. The second-order valence-electron chi connectivity index (χ2n) is 4.52. The van der Waals surface area contributed by atoms with Crippen molar-refractivity contribution in [3.8, 4) is 5.75 Å². The third kappa shape index (κ3) is 3.80. The van der Waals surface area contributed by atoms with E-state index in [2.05, 4.69) is 5.32 Å². The van der Waals surface area contributed by atoms with Crippen LogP contribution < -0.4 is 10.1 Å². The van der Waals surface area contributed by atoms with Crippen molar-refractivity contribution in [1.29, 1.82) is 0 Å². The lowest BCUT2D eigenvalue weighted by Gasteiger charge is -2.08. The molecule has 0 aromatic heterocycles. The number of aryl methyl sites for hydroxylation is 1. The summed E-state index contributed by atoms with van der Waals surface area (Å²) < 4.78 is 18.1. The SMILES string of the molecule is COc1ccc(CNCc2ccc(F)cc2C)cc1. The molecule has 0 unspecified atom stereocenters. The van der Waals surface area contributed by atoms with Gasteiger partial charge in [0.1, 0.15) is 11.6 Å². The highest BCUT2D eigenvalue weighted by molar-refractivity contribution is 5.28. The van der Waals surface area contributed by atoms with E-state index in [1.807, 2.05) is 37.3 Å². The molecule has 0 aliphatic rings. The van der Waals surface area contributed by atoms with Gasteiger partial charge in [0, 0.05) is 13.1 Å². The number of nitrogens with one attached hydrogen (secondary N) is 1. The van der Waals surface area contributed by atoms with Crippen LogP contribution in [0, 0.1) is 12.7 Å². The van der Waals surface area contributed by atoms with Gasteiger partial charge in [0.25, 0.3) is 0 Å². The summed E-state index contributed by atoms with van der Waals surface area (Å²) >= 11 is 0. The van der Waals surface area contributed by atoms with Gasteiger partial charge in [-0.15, -0.1) is 0 Å². The molecule has 0 fully saturated rings. The van der Waals surface area contributed by atoms with Crippen molar-refractivity contribution in [2.45, 2.75) is 20.0 Å². The Morgan fingerprint density at radius 2 is 1.79 bits per heavy atom. The molecular formula is C16H18FNO. The van der Waals surface area contributed by atoms with Gasteiger partial charge in [-0.3, -0.25) is 0 Å². The van der Waals surface area contributed by atoms with Gasteiger partial charge >= 0.3 is 0 Å². The molecule has 0 saturated heterocycles. The van der Waals surface area contributed by atoms with Crippen LogP contribution in [0.15, 0.2) is 42.5 Å². The molecule has 0 saturated carbocycles. The Hall–Kier alpha value is -1.87. The van der Waals surface area contributed by atoms with Crippen LogP contribution in [0.1, 0.15) is 16.7 Å². The maximum atomic E-state index is 13.0. The second-order valence-corrected chi connectivity index (χ2v) is 4.52. The molecule has 19 heavy (non-hydrogen) atoms. The van der Waals surface area contributed by atoms with Gasteiger partial charge in [-0.05, 0) is 47.9 Å². The first-order valence-corrected chi connectivity index (χ1v) is 6.27. The zero-order valence-corrected chi connectivity index (χ0v) is 11.2. The van der Waals surface area contributed by atoms with E-state index in [0.717, 1.165) is 30.0 Å². The first-order valence-electron chi connectivity index (χ1n) is 6.27. The Balaban J connectivity index is 1.88. The normalized spacial score (nSPS) is 10.5. The quantitative estimate of drug-likeness (QED) is 0.888. The molecule has 1 N–H and O–H groups in total. The van der Waals surface area contributed by atoms with Gasteiger partial charge in [-0.1, -0.05) is 18.2 Å². The van der Waals surface area contributed by atoms with Gasteiger partial charge in [0.2, 0.25) is 0 Å². The molecule has 2 aromatic rings. The maximum absolute atomic E-state index is 13.0. The summed E-state index contributed by atoms with van der Waals surface area (Å²) in [6.07, 6.45) is 0. The number of rotatable bonds is 5. The average molecular weight is 259 g/mol. The van der Waals surface area contributed by atoms with Crippen LogP contribution in [-0.4, -0.2) is 7.11 Å². The molecule has 2 rings (SSSR count).